The van der Waals surface area contributed by atoms with Crippen molar-refractivity contribution >= 4 is 38.0 Å². The Morgan fingerprint density at radius 3 is 2.50 bits per heavy atom. The van der Waals surface area contributed by atoms with E-state index in [1.165, 1.54) is 37.4 Å². The Bertz CT molecular complexity index is 1480. The third-order valence-electron chi connectivity index (χ3n) is 4.66. The van der Waals surface area contributed by atoms with Gasteiger partial charge in [0.2, 0.25) is 0 Å². The number of carbonyl (C=O) groups excluding carboxylic acids is 1. The van der Waals surface area contributed by atoms with E-state index in [1.807, 2.05) is 0 Å². The fourth-order valence-corrected chi connectivity index (χ4v) is 3.79. The summed E-state index contributed by atoms with van der Waals surface area (Å²) in [7, 11) is -2.58. The first-order valence-electron chi connectivity index (χ1n) is 9.08. The van der Waals surface area contributed by atoms with Crippen LogP contribution < -0.4 is 4.18 Å². The average molecular weight is 464 g/mol. The number of hydrogen-bond acceptors (Lipinski definition) is 6. The standard InChI is InChI=1S/C21H15F3N2O5S/c1-30-20(27)15-10-16(11-4-3-5-12(8-11)21(22,23)24)25-18-14-7-6-13(31-32(2,28)29)9-17(14)26-19(15)18/h3-10,26H,1-2H3. The van der Waals surface area contributed by atoms with Gasteiger partial charge in [0.1, 0.15) is 5.75 Å². The van der Waals surface area contributed by atoms with Gasteiger partial charge in [0.25, 0.3) is 0 Å². The maximum atomic E-state index is 13.2. The molecule has 7 nitrogen and oxygen atoms in total. The monoisotopic (exact) mass is 464 g/mol. The fraction of sp³-hybridized carbons (Fsp3) is 0.143. The Labute approximate surface area is 179 Å². The summed E-state index contributed by atoms with van der Waals surface area (Å²) < 4.78 is 72.0. The van der Waals surface area contributed by atoms with E-state index in [0.29, 0.717) is 21.9 Å². The number of H-pyrrole nitrogens is 1. The molecule has 32 heavy (non-hydrogen) atoms. The summed E-state index contributed by atoms with van der Waals surface area (Å²) in [5.74, 6) is -0.672. The van der Waals surface area contributed by atoms with Crippen LogP contribution in [0.2, 0.25) is 0 Å². The summed E-state index contributed by atoms with van der Waals surface area (Å²) in [6.07, 6.45) is -3.64. The largest absolute Gasteiger partial charge is 0.465 e. The van der Waals surface area contributed by atoms with Crippen LogP contribution in [-0.2, 0) is 21.0 Å². The normalized spacial score (nSPS) is 12.3. The van der Waals surface area contributed by atoms with Gasteiger partial charge >= 0.3 is 22.3 Å². The first-order valence-corrected chi connectivity index (χ1v) is 10.9. The summed E-state index contributed by atoms with van der Waals surface area (Å²) in [5.41, 5.74) is 0.532. The molecule has 4 rings (SSSR count). The van der Waals surface area contributed by atoms with Crippen LogP contribution in [0, 0.1) is 0 Å². The molecule has 2 aromatic heterocycles. The molecule has 0 amide bonds. The third-order valence-corrected chi connectivity index (χ3v) is 5.16. The Morgan fingerprint density at radius 1 is 1.09 bits per heavy atom. The lowest BCUT2D eigenvalue weighted by Gasteiger charge is -2.10. The lowest BCUT2D eigenvalue weighted by molar-refractivity contribution is -0.137. The summed E-state index contributed by atoms with van der Waals surface area (Å²) in [5, 5.41) is 0.514. The van der Waals surface area contributed by atoms with E-state index < -0.39 is 27.8 Å². The molecule has 0 saturated carbocycles. The second kappa shape index (κ2) is 7.52. The van der Waals surface area contributed by atoms with Crippen molar-refractivity contribution in [2.75, 3.05) is 13.4 Å². The lowest BCUT2D eigenvalue weighted by Crippen LogP contribution is -2.06. The van der Waals surface area contributed by atoms with Crippen LogP contribution in [0.3, 0.4) is 0 Å². The lowest BCUT2D eigenvalue weighted by atomic mass is 10.0. The molecule has 0 atom stereocenters. The van der Waals surface area contributed by atoms with Crippen molar-refractivity contribution in [3.05, 3.63) is 59.7 Å². The van der Waals surface area contributed by atoms with Crippen molar-refractivity contribution in [2.24, 2.45) is 0 Å². The molecular formula is C21H15F3N2O5S. The molecule has 0 fully saturated rings. The number of halogens is 3. The number of rotatable bonds is 4. The number of alkyl halides is 3. The molecule has 11 heteroatoms. The highest BCUT2D eigenvalue weighted by atomic mass is 32.2. The average Bonchev–Trinajstić information content (AvgIpc) is 3.08. The molecule has 2 heterocycles. The van der Waals surface area contributed by atoms with Gasteiger partial charge in [0.05, 0.1) is 46.7 Å². The fourth-order valence-electron chi connectivity index (χ4n) is 3.33. The van der Waals surface area contributed by atoms with Gasteiger partial charge in [-0.15, -0.1) is 0 Å². The van der Waals surface area contributed by atoms with Crippen LogP contribution in [0.25, 0.3) is 33.2 Å². The van der Waals surface area contributed by atoms with Crippen LogP contribution in [-0.4, -0.2) is 37.7 Å². The number of nitrogens with one attached hydrogen (secondary N) is 1. The van der Waals surface area contributed by atoms with Crippen LogP contribution in [0.1, 0.15) is 15.9 Å². The van der Waals surface area contributed by atoms with Gasteiger partial charge < -0.3 is 13.9 Å². The molecular weight excluding hydrogens is 449 g/mol. The SMILES string of the molecule is COC(=O)c1cc(-c2cccc(C(F)(F)F)c2)nc2c1[nH]c1cc(OS(C)(=O)=O)ccc12. The number of aromatic nitrogens is 2. The van der Waals surface area contributed by atoms with Gasteiger partial charge in [0, 0.05) is 17.0 Å². The Kier molecular flexibility index (Phi) is 5.08. The number of benzene rings is 2. The second-order valence-electron chi connectivity index (χ2n) is 6.97. The van der Waals surface area contributed by atoms with Crippen LogP contribution in [0.15, 0.2) is 48.5 Å². The van der Waals surface area contributed by atoms with E-state index in [-0.39, 0.29) is 22.6 Å². The number of hydrogen-bond donors (Lipinski definition) is 1. The number of aromatic amines is 1. The molecule has 0 bridgehead atoms. The zero-order valence-corrected chi connectivity index (χ0v) is 17.5. The quantitative estimate of drug-likeness (QED) is 0.352. The summed E-state index contributed by atoms with van der Waals surface area (Å²) in [6.45, 7) is 0. The van der Waals surface area contributed by atoms with Crippen molar-refractivity contribution < 1.29 is 35.3 Å². The van der Waals surface area contributed by atoms with Gasteiger partial charge in [-0.2, -0.15) is 21.6 Å². The number of carbonyl (C=O) groups is 1. The smallest absolute Gasteiger partial charge is 0.416 e. The van der Waals surface area contributed by atoms with Gasteiger partial charge in [0.15, 0.2) is 0 Å². The zero-order valence-electron chi connectivity index (χ0n) is 16.6. The minimum Gasteiger partial charge on any atom is -0.465 e. The number of ether oxygens (including phenoxy) is 1. The molecule has 0 spiro atoms. The van der Waals surface area contributed by atoms with Gasteiger partial charge in [-0.3, -0.25) is 0 Å². The summed E-state index contributed by atoms with van der Waals surface area (Å²) in [6, 6.07) is 10.3. The molecule has 0 aliphatic carbocycles. The molecule has 0 aliphatic rings. The summed E-state index contributed by atoms with van der Waals surface area (Å²) in [4.78, 5) is 19.9. The molecule has 0 unspecified atom stereocenters. The van der Waals surface area contributed by atoms with E-state index in [4.69, 9.17) is 8.92 Å². The van der Waals surface area contributed by atoms with Crippen molar-refractivity contribution in [3.8, 4) is 17.0 Å². The molecule has 0 aliphatic heterocycles. The molecule has 1 N–H and O–H groups in total. The van der Waals surface area contributed by atoms with Crippen molar-refractivity contribution in [2.45, 2.75) is 6.18 Å². The Balaban J connectivity index is 1.96. The highest BCUT2D eigenvalue weighted by molar-refractivity contribution is 7.86. The Hall–Kier alpha value is -3.60. The topological polar surface area (TPSA) is 98.3 Å². The summed E-state index contributed by atoms with van der Waals surface area (Å²) >= 11 is 0. The van der Waals surface area contributed by atoms with Crippen molar-refractivity contribution in [1.29, 1.82) is 0 Å². The zero-order chi connectivity index (χ0) is 23.3. The highest BCUT2D eigenvalue weighted by Crippen LogP contribution is 2.35. The molecule has 0 saturated heterocycles. The second-order valence-corrected chi connectivity index (χ2v) is 8.54. The number of methoxy groups -OCH3 is 1. The molecule has 166 valence electrons. The van der Waals surface area contributed by atoms with Crippen LogP contribution in [0.4, 0.5) is 13.2 Å². The molecule has 2 aromatic carbocycles. The molecule has 0 radical (unpaired) electrons. The van der Waals surface area contributed by atoms with E-state index in [1.54, 1.807) is 6.07 Å². The van der Waals surface area contributed by atoms with Gasteiger partial charge in [-0.05, 0) is 30.3 Å². The number of pyridine rings is 1. The van der Waals surface area contributed by atoms with Crippen LogP contribution >= 0.6 is 0 Å². The highest BCUT2D eigenvalue weighted by Gasteiger charge is 2.30. The third kappa shape index (κ3) is 4.11. The maximum absolute atomic E-state index is 13.2. The van der Waals surface area contributed by atoms with Gasteiger partial charge in [-0.1, -0.05) is 12.1 Å². The number of fused-ring (bicyclic) bond motifs is 3. The number of nitrogens with zero attached hydrogens (tertiary/aromatic N) is 1. The number of esters is 1. The molecule has 4 aromatic rings. The van der Waals surface area contributed by atoms with Crippen molar-refractivity contribution in [3.63, 3.8) is 0 Å². The van der Waals surface area contributed by atoms with Gasteiger partial charge in [-0.25, -0.2) is 9.78 Å². The van der Waals surface area contributed by atoms with Crippen LogP contribution in [0.5, 0.6) is 5.75 Å². The first-order chi connectivity index (χ1) is 15.0. The minimum absolute atomic E-state index is 0.0456. The van der Waals surface area contributed by atoms with E-state index in [9.17, 15) is 26.4 Å². The first kappa shape index (κ1) is 21.6. The van der Waals surface area contributed by atoms with Crippen molar-refractivity contribution in [1.82, 2.24) is 9.97 Å². The maximum Gasteiger partial charge on any atom is 0.416 e. The van der Waals surface area contributed by atoms with E-state index in [0.717, 1.165) is 18.4 Å². The minimum atomic E-state index is -4.54. The van der Waals surface area contributed by atoms with E-state index in [2.05, 4.69) is 9.97 Å². The predicted molar refractivity (Wildman–Crippen MR) is 111 cm³/mol. The van der Waals surface area contributed by atoms with E-state index >= 15 is 0 Å². The Morgan fingerprint density at radius 2 is 1.84 bits per heavy atom. The predicted octanol–water partition coefficient (Wildman–Crippen LogP) is 4.53.